The highest BCUT2D eigenvalue weighted by Gasteiger charge is 2.28. The molecule has 16 heavy (non-hydrogen) atoms. The van der Waals surface area contributed by atoms with Gasteiger partial charge in [-0.05, 0) is 26.2 Å². The van der Waals surface area contributed by atoms with E-state index in [-0.39, 0.29) is 24.4 Å². The normalized spacial score (nSPS) is 21.1. The van der Waals surface area contributed by atoms with Gasteiger partial charge in [0.05, 0.1) is 6.54 Å². The van der Waals surface area contributed by atoms with Gasteiger partial charge < -0.3 is 15.0 Å². The Labute approximate surface area is 96.1 Å². The lowest BCUT2D eigenvalue weighted by Crippen LogP contribution is -2.56. The van der Waals surface area contributed by atoms with Crippen LogP contribution in [0.5, 0.6) is 0 Å². The molecule has 0 aliphatic carbocycles. The van der Waals surface area contributed by atoms with E-state index in [9.17, 15) is 9.59 Å². The lowest BCUT2D eigenvalue weighted by Gasteiger charge is -2.30. The zero-order valence-electron chi connectivity index (χ0n) is 9.99. The fourth-order valence-corrected chi connectivity index (χ4v) is 1.79. The Morgan fingerprint density at radius 3 is 2.81 bits per heavy atom. The van der Waals surface area contributed by atoms with Crippen LogP contribution < -0.4 is 5.32 Å². The van der Waals surface area contributed by atoms with E-state index in [1.807, 2.05) is 0 Å². The first kappa shape index (κ1) is 13.0. The molecular weight excluding hydrogens is 208 g/mol. The van der Waals surface area contributed by atoms with Crippen LogP contribution in [-0.2, 0) is 14.3 Å². The van der Waals surface area contributed by atoms with Gasteiger partial charge in [0.25, 0.3) is 0 Å². The molecule has 0 aromatic rings. The summed E-state index contributed by atoms with van der Waals surface area (Å²) in [6, 6.07) is -0.375. The van der Waals surface area contributed by atoms with E-state index in [2.05, 4.69) is 5.32 Å². The molecule has 92 valence electrons. The summed E-state index contributed by atoms with van der Waals surface area (Å²) in [6.07, 6.45) is 2.95. The number of carbonyl (C=O) groups excluding carboxylic acids is 2. The van der Waals surface area contributed by atoms with Crippen molar-refractivity contribution in [1.82, 2.24) is 10.2 Å². The van der Waals surface area contributed by atoms with E-state index in [1.54, 1.807) is 18.9 Å². The molecule has 0 bridgehead atoms. The maximum Gasteiger partial charge on any atom is 0.245 e. The average Bonchev–Trinajstić information content (AvgIpc) is 2.24. The number of hydrogen-bond donors (Lipinski definition) is 1. The number of hydrogen-bond acceptors (Lipinski definition) is 3. The van der Waals surface area contributed by atoms with Crippen LogP contribution >= 0.6 is 0 Å². The molecule has 5 heteroatoms. The molecule has 1 heterocycles. The number of amides is 2. The van der Waals surface area contributed by atoms with E-state index in [4.69, 9.17) is 4.74 Å². The van der Waals surface area contributed by atoms with Gasteiger partial charge in [-0.15, -0.1) is 0 Å². The molecule has 0 saturated carbocycles. The van der Waals surface area contributed by atoms with Crippen LogP contribution in [0.2, 0.25) is 0 Å². The molecule has 5 nitrogen and oxygen atoms in total. The van der Waals surface area contributed by atoms with Crippen molar-refractivity contribution in [2.24, 2.45) is 0 Å². The Balaban J connectivity index is 2.24. The third kappa shape index (κ3) is 3.81. The van der Waals surface area contributed by atoms with Gasteiger partial charge in [-0.2, -0.15) is 0 Å². The molecule has 2 amide bonds. The predicted octanol–water partition coefficient (Wildman–Crippen LogP) is 0.150. The largest absolute Gasteiger partial charge is 0.385 e. The quantitative estimate of drug-likeness (QED) is 0.658. The fourth-order valence-electron chi connectivity index (χ4n) is 1.79. The van der Waals surface area contributed by atoms with E-state index < -0.39 is 0 Å². The van der Waals surface area contributed by atoms with E-state index in [1.165, 1.54) is 0 Å². The van der Waals surface area contributed by atoms with Crippen molar-refractivity contribution < 1.29 is 14.3 Å². The Morgan fingerprint density at radius 2 is 2.12 bits per heavy atom. The topological polar surface area (TPSA) is 58.6 Å². The van der Waals surface area contributed by atoms with Gasteiger partial charge >= 0.3 is 0 Å². The Morgan fingerprint density at radius 1 is 1.38 bits per heavy atom. The summed E-state index contributed by atoms with van der Waals surface area (Å²) in [7, 11) is 1.68. The summed E-state index contributed by atoms with van der Waals surface area (Å²) in [5.74, 6) is -0.0460. The molecule has 0 aromatic heterocycles. The number of methoxy groups -OCH3 is 1. The standard InChI is InChI=1S/C11H20N2O3/c1-9-11(15)13(8-10(14)12-9)6-4-3-5-7-16-2/h9H,3-8H2,1-2H3,(H,12,14). The van der Waals surface area contributed by atoms with Gasteiger partial charge in [-0.3, -0.25) is 9.59 Å². The third-order valence-corrected chi connectivity index (χ3v) is 2.67. The molecule has 0 spiro atoms. The van der Waals surface area contributed by atoms with Crippen molar-refractivity contribution >= 4 is 11.8 Å². The molecule has 1 aliphatic rings. The average molecular weight is 228 g/mol. The molecular formula is C11H20N2O3. The van der Waals surface area contributed by atoms with Gasteiger partial charge in [0, 0.05) is 20.3 Å². The van der Waals surface area contributed by atoms with Crippen molar-refractivity contribution in [1.29, 1.82) is 0 Å². The zero-order valence-corrected chi connectivity index (χ0v) is 9.99. The van der Waals surface area contributed by atoms with Gasteiger partial charge in [0.2, 0.25) is 11.8 Å². The van der Waals surface area contributed by atoms with Gasteiger partial charge in [0.1, 0.15) is 6.04 Å². The maximum absolute atomic E-state index is 11.7. The Hall–Kier alpha value is -1.10. The van der Waals surface area contributed by atoms with Crippen molar-refractivity contribution in [3.63, 3.8) is 0 Å². The second-order valence-electron chi connectivity index (χ2n) is 4.10. The lowest BCUT2D eigenvalue weighted by molar-refractivity contribution is -0.143. The molecule has 1 saturated heterocycles. The number of carbonyl (C=O) groups is 2. The molecule has 1 N–H and O–H groups in total. The minimum absolute atomic E-state index is 0.0198. The molecule has 1 atom stereocenters. The number of unbranched alkanes of at least 4 members (excludes halogenated alkanes) is 2. The summed E-state index contributed by atoms with van der Waals surface area (Å²) in [5, 5.41) is 2.62. The first-order valence-electron chi connectivity index (χ1n) is 5.72. The van der Waals surface area contributed by atoms with Crippen molar-refractivity contribution in [3.05, 3.63) is 0 Å². The summed E-state index contributed by atoms with van der Waals surface area (Å²) in [5.41, 5.74) is 0. The third-order valence-electron chi connectivity index (χ3n) is 2.67. The van der Waals surface area contributed by atoms with Crippen LogP contribution in [-0.4, -0.2) is 49.6 Å². The molecule has 0 radical (unpaired) electrons. The van der Waals surface area contributed by atoms with Gasteiger partial charge in [-0.25, -0.2) is 0 Å². The van der Waals surface area contributed by atoms with Crippen molar-refractivity contribution in [3.8, 4) is 0 Å². The first-order chi connectivity index (χ1) is 7.65. The van der Waals surface area contributed by atoms with Gasteiger partial charge in [0.15, 0.2) is 0 Å². The Kier molecular flexibility index (Phi) is 5.25. The van der Waals surface area contributed by atoms with Crippen molar-refractivity contribution in [2.45, 2.75) is 32.2 Å². The van der Waals surface area contributed by atoms with Crippen LogP contribution in [0.4, 0.5) is 0 Å². The zero-order chi connectivity index (χ0) is 12.0. The maximum atomic E-state index is 11.7. The smallest absolute Gasteiger partial charge is 0.245 e. The summed E-state index contributed by atoms with van der Waals surface area (Å²) in [4.78, 5) is 24.6. The molecule has 1 unspecified atom stereocenters. The summed E-state index contributed by atoms with van der Waals surface area (Å²) in [6.45, 7) is 3.34. The first-order valence-corrected chi connectivity index (χ1v) is 5.72. The highest BCUT2D eigenvalue weighted by atomic mass is 16.5. The van der Waals surface area contributed by atoms with Crippen LogP contribution in [0.15, 0.2) is 0 Å². The highest BCUT2D eigenvalue weighted by molar-refractivity contribution is 5.94. The predicted molar refractivity (Wildman–Crippen MR) is 59.9 cm³/mol. The fraction of sp³-hybridized carbons (Fsp3) is 0.818. The summed E-state index contributed by atoms with van der Waals surface area (Å²) < 4.78 is 4.94. The molecule has 0 aromatic carbocycles. The van der Waals surface area contributed by atoms with Crippen LogP contribution in [0.3, 0.4) is 0 Å². The monoisotopic (exact) mass is 228 g/mol. The summed E-state index contributed by atoms with van der Waals surface area (Å²) >= 11 is 0. The number of nitrogens with one attached hydrogen (secondary N) is 1. The minimum Gasteiger partial charge on any atom is -0.385 e. The van der Waals surface area contributed by atoms with Crippen LogP contribution in [0.1, 0.15) is 26.2 Å². The number of nitrogens with zero attached hydrogens (tertiary/aromatic N) is 1. The van der Waals surface area contributed by atoms with E-state index >= 15 is 0 Å². The van der Waals surface area contributed by atoms with E-state index in [0.29, 0.717) is 6.54 Å². The number of piperazine rings is 1. The second-order valence-corrected chi connectivity index (χ2v) is 4.10. The van der Waals surface area contributed by atoms with Gasteiger partial charge in [-0.1, -0.05) is 0 Å². The molecule has 1 rings (SSSR count). The van der Waals surface area contributed by atoms with E-state index in [0.717, 1.165) is 25.9 Å². The van der Waals surface area contributed by atoms with Crippen LogP contribution in [0.25, 0.3) is 0 Å². The van der Waals surface area contributed by atoms with Crippen LogP contribution in [0, 0.1) is 0 Å². The highest BCUT2D eigenvalue weighted by Crippen LogP contribution is 2.05. The minimum atomic E-state index is -0.375. The SMILES string of the molecule is COCCCCCN1CC(=O)NC(C)C1=O. The molecule has 1 aliphatic heterocycles. The number of rotatable bonds is 6. The molecule has 1 fully saturated rings. The second kappa shape index (κ2) is 6.48. The lowest BCUT2D eigenvalue weighted by atomic mass is 10.2. The number of ether oxygens (including phenoxy) is 1. The Bertz CT molecular complexity index is 256. The van der Waals surface area contributed by atoms with Crippen molar-refractivity contribution in [2.75, 3.05) is 26.8 Å².